The molecule has 1 unspecified atom stereocenters. The van der Waals surface area contributed by atoms with Gasteiger partial charge < -0.3 is 0 Å². The first kappa shape index (κ1) is 15.7. The first-order chi connectivity index (χ1) is 9.89. The summed E-state index contributed by atoms with van der Waals surface area (Å²) >= 11 is 0. The molecule has 0 N–H and O–H groups in total. The summed E-state index contributed by atoms with van der Waals surface area (Å²) in [4.78, 5) is 23.4. The van der Waals surface area contributed by atoms with Crippen molar-refractivity contribution in [2.45, 2.75) is 31.9 Å². The Balaban J connectivity index is 1.87. The van der Waals surface area contributed by atoms with Crippen molar-refractivity contribution < 1.29 is 22.8 Å². The van der Waals surface area contributed by atoms with Crippen LogP contribution in [0.4, 0.5) is 13.2 Å². The Hall–Kier alpha value is -1.65. The number of Topliss-reactive ketones (excluding diaryl/α,β-unsaturated/α-hetero) is 2. The highest BCUT2D eigenvalue weighted by Gasteiger charge is 2.48. The molecule has 113 valence electrons. The minimum atomic E-state index is -4.52. The maximum atomic E-state index is 12.9. The van der Waals surface area contributed by atoms with Gasteiger partial charge in [-0.25, -0.2) is 0 Å². The molecule has 0 aliphatic heterocycles. The molecular weight excluding hydrogens is 281 g/mol. The monoisotopic (exact) mass is 297 g/mol. The third kappa shape index (κ3) is 4.41. The van der Waals surface area contributed by atoms with Crippen LogP contribution in [0.2, 0.25) is 0 Å². The summed E-state index contributed by atoms with van der Waals surface area (Å²) in [5.41, 5.74) is 0.439. The average Bonchev–Trinajstić information content (AvgIpc) is 3.27. The molecule has 1 fully saturated rings. The molecular formula is C16H16F3O2. The molecule has 1 atom stereocenters. The summed E-state index contributed by atoms with van der Waals surface area (Å²) in [7, 11) is 0. The number of rotatable bonds is 7. The lowest BCUT2D eigenvalue weighted by atomic mass is 9.92. The normalized spacial score (nSPS) is 16.5. The van der Waals surface area contributed by atoms with Gasteiger partial charge in [-0.2, -0.15) is 13.2 Å². The van der Waals surface area contributed by atoms with Gasteiger partial charge in [-0.15, -0.1) is 0 Å². The molecule has 1 aliphatic carbocycles. The fourth-order valence-corrected chi connectivity index (χ4v) is 2.22. The van der Waals surface area contributed by atoms with E-state index in [1.165, 1.54) is 6.42 Å². The summed E-state index contributed by atoms with van der Waals surface area (Å²) in [6.07, 6.45) is -2.58. The number of ketones is 2. The molecule has 0 spiro atoms. The Kier molecular flexibility index (Phi) is 4.80. The number of carbonyl (C=O) groups is 2. The second-order valence-electron chi connectivity index (χ2n) is 5.28. The van der Waals surface area contributed by atoms with Crippen LogP contribution >= 0.6 is 0 Å². The van der Waals surface area contributed by atoms with Crippen molar-refractivity contribution in [3.8, 4) is 0 Å². The van der Waals surface area contributed by atoms with Gasteiger partial charge in [0.1, 0.15) is 11.7 Å². The van der Waals surface area contributed by atoms with Crippen LogP contribution in [0.5, 0.6) is 0 Å². The van der Waals surface area contributed by atoms with E-state index in [1.807, 2.05) is 0 Å². The number of alkyl halides is 3. The fourth-order valence-electron chi connectivity index (χ4n) is 2.22. The topological polar surface area (TPSA) is 34.1 Å². The number of hydrogen-bond donors (Lipinski definition) is 0. The number of carbonyl (C=O) groups excluding carboxylic acids is 2. The molecule has 0 saturated heterocycles. The highest BCUT2D eigenvalue weighted by atomic mass is 19.4. The summed E-state index contributed by atoms with van der Waals surface area (Å²) < 4.78 is 38.7. The highest BCUT2D eigenvalue weighted by Crippen LogP contribution is 2.40. The van der Waals surface area contributed by atoms with Crippen molar-refractivity contribution >= 4 is 11.6 Å². The van der Waals surface area contributed by atoms with Crippen molar-refractivity contribution in [3.05, 3.63) is 42.3 Å². The molecule has 5 heteroatoms. The van der Waals surface area contributed by atoms with Gasteiger partial charge in [0.2, 0.25) is 0 Å². The molecule has 1 radical (unpaired) electrons. The van der Waals surface area contributed by atoms with Crippen molar-refractivity contribution in [3.63, 3.8) is 0 Å². The van der Waals surface area contributed by atoms with Crippen LogP contribution in [0, 0.1) is 18.3 Å². The lowest BCUT2D eigenvalue weighted by Crippen LogP contribution is -2.32. The van der Waals surface area contributed by atoms with Crippen molar-refractivity contribution in [2.24, 2.45) is 11.8 Å². The molecule has 0 heterocycles. The number of hydrogen-bond acceptors (Lipinski definition) is 2. The van der Waals surface area contributed by atoms with E-state index in [9.17, 15) is 22.8 Å². The fraction of sp³-hybridized carbons (Fsp3) is 0.438. The maximum Gasteiger partial charge on any atom is 0.398 e. The third-order valence-corrected chi connectivity index (χ3v) is 3.56. The van der Waals surface area contributed by atoms with Crippen LogP contribution in [0.1, 0.15) is 36.0 Å². The molecule has 0 amide bonds. The van der Waals surface area contributed by atoms with Crippen LogP contribution in [0.3, 0.4) is 0 Å². The van der Waals surface area contributed by atoms with E-state index in [0.29, 0.717) is 18.4 Å². The first-order valence-electron chi connectivity index (χ1n) is 6.92. The largest absolute Gasteiger partial charge is 0.398 e. The summed E-state index contributed by atoms with van der Waals surface area (Å²) in [5.74, 6) is -3.40. The molecule has 0 aromatic heterocycles. The second-order valence-corrected chi connectivity index (χ2v) is 5.28. The lowest BCUT2D eigenvalue weighted by Gasteiger charge is -2.18. The quantitative estimate of drug-likeness (QED) is 0.713. The average molecular weight is 297 g/mol. The minimum absolute atomic E-state index is 0.0453. The Morgan fingerprint density at radius 1 is 1.19 bits per heavy atom. The summed E-state index contributed by atoms with van der Waals surface area (Å²) in [5, 5.41) is 0. The van der Waals surface area contributed by atoms with Gasteiger partial charge in [-0.05, 0) is 25.7 Å². The van der Waals surface area contributed by atoms with Crippen molar-refractivity contribution in [1.82, 2.24) is 0 Å². The Morgan fingerprint density at radius 3 is 2.33 bits per heavy atom. The summed E-state index contributed by atoms with van der Waals surface area (Å²) in [6, 6.07) is 8.35. The van der Waals surface area contributed by atoms with E-state index in [0.717, 1.165) is 0 Å². The van der Waals surface area contributed by atoms with E-state index in [4.69, 9.17) is 0 Å². The van der Waals surface area contributed by atoms with Gasteiger partial charge in [-0.1, -0.05) is 30.3 Å². The lowest BCUT2D eigenvalue weighted by molar-refractivity contribution is -0.183. The Morgan fingerprint density at radius 2 is 1.81 bits per heavy atom. The van der Waals surface area contributed by atoms with Gasteiger partial charge in [0.05, 0.1) is 0 Å². The van der Waals surface area contributed by atoms with Crippen molar-refractivity contribution in [2.75, 3.05) is 0 Å². The molecule has 21 heavy (non-hydrogen) atoms. The predicted molar refractivity (Wildman–Crippen MR) is 71.6 cm³/mol. The van der Waals surface area contributed by atoms with Gasteiger partial charge in [0.15, 0.2) is 5.78 Å². The third-order valence-electron chi connectivity index (χ3n) is 3.56. The Labute approximate surface area is 121 Å². The SMILES string of the molecule is O=C([CH]CCC(C(=O)C1CC1)C(F)(F)F)c1ccccc1. The second kappa shape index (κ2) is 6.41. The molecule has 1 aliphatic rings. The standard InChI is InChI=1S/C16H16F3O2/c17-16(18,19)13(15(21)12-9-10-12)7-4-8-14(20)11-5-2-1-3-6-11/h1-3,5-6,8,12-13H,4,7,9-10H2. The molecule has 2 rings (SSSR count). The zero-order chi connectivity index (χ0) is 15.5. The van der Waals surface area contributed by atoms with E-state index in [-0.39, 0.29) is 18.6 Å². The van der Waals surface area contributed by atoms with Crippen LogP contribution in [0.15, 0.2) is 30.3 Å². The Bertz CT molecular complexity index is 504. The van der Waals surface area contributed by atoms with Gasteiger partial charge >= 0.3 is 6.18 Å². The zero-order valence-electron chi connectivity index (χ0n) is 11.4. The molecule has 1 saturated carbocycles. The molecule has 0 bridgehead atoms. The minimum Gasteiger partial charge on any atom is -0.299 e. The zero-order valence-corrected chi connectivity index (χ0v) is 11.4. The van der Waals surface area contributed by atoms with E-state index < -0.39 is 23.8 Å². The van der Waals surface area contributed by atoms with E-state index >= 15 is 0 Å². The summed E-state index contributed by atoms with van der Waals surface area (Å²) in [6.45, 7) is 0. The van der Waals surface area contributed by atoms with Crippen LogP contribution < -0.4 is 0 Å². The van der Waals surface area contributed by atoms with E-state index in [1.54, 1.807) is 30.3 Å². The highest BCUT2D eigenvalue weighted by molar-refractivity contribution is 6.02. The van der Waals surface area contributed by atoms with Gasteiger partial charge in [0.25, 0.3) is 0 Å². The van der Waals surface area contributed by atoms with Crippen LogP contribution in [0.25, 0.3) is 0 Å². The van der Waals surface area contributed by atoms with Crippen molar-refractivity contribution in [1.29, 1.82) is 0 Å². The molecule has 2 nitrogen and oxygen atoms in total. The van der Waals surface area contributed by atoms with Crippen LogP contribution in [-0.4, -0.2) is 17.7 Å². The van der Waals surface area contributed by atoms with E-state index in [2.05, 4.69) is 0 Å². The first-order valence-corrected chi connectivity index (χ1v) is 6.92. The number of halogens is 3. The van der Waals surface area contributed by atoms with Gasteiger partial charge in [0, 0.05) is 17.9 Å². The van der Waals surface area contributed by atoms with Crippen LogP contribution in [-0.2, 0) is 4.79 Å². The number of benzene rings is 1. The van der Waals surface area contributed by atoms with Gasteiger partial charge in [-0.3, -0.25) is 9.59 Å². The smallest absolute Gasteiger partial charge is 0.299 e. The predicted octanol–water partition coefficient (Wildman–Crippen LogP) is 4.01. The maximum absolute atomic E-state index is 12.9. The molecule has 1 aromatic carbocycles. The molecule has 1 aromatic rings.